The molecule has 2 N–H and O–H groups in total. The van der Waals surface area contributed by atoms with Gasteiger partial charge in [-0.2, -0.15) is 0 Å². The van der Waals surface area contributed by atoms with Crippen LogP contribution in [-0.2, 0) is 22.4 Å². The lowest BCUT2D eigenvalue weighted by Gasteiger charge is -2.30. The molecule has 0 spiro atoms. The van der Waals surface area contributed by atoms with Gasteiger partial charge in [0.05, 0.1) is 0 Å². The third-order valence-corrected chi connectivity index (χ3v) is 5.56. The third-order valence-electron chi connectivity index (χ3n) is 5.56. The zero-order valence-electron chi connectivity index (χ0n) is 15.0. The van der Waals surface area contributed by atoms with Gasteiger partial charge in [-0.15, -0.1) is 0 Å². The monoisotopic (exact) mass is 370 g/mol. The van der Waals surface area contributed by atoms with Crippen LogP contribution in [0.4, 0.5) is 0 Å². The number of piperidine rings is 1. The Bertz CT molecular complexity index is 957. The number of nitrogens with zero attached hydrogens (tertiary/aromatic N) is 1. The first-order valence-corrected chi connectivity index (χ1v) is 9.31. The molecule has 0 unspecified atom stereocenters. The van der Waals surface area contributed by atoms with Crippen LogP contribution in [-0.4, -0.2) is 36.4 Å². The van der Waals surface area contributed by atoms with Gasteiger partial charge in [-0.1, -0.05) is 0 Å². The van der Waals surface area contributed by atoms with Crippen LogP contribution in [0.1, 0.15) is 30.4 Å². The van der Waals surface area contributed by atoms with Crippen molar-refractivity contribution in [2.24, 2.45) is 11.7 Å². The summed E-state index contributed by atoms with van der Waals surface area (Å²) >= 11 is 0. The molecular weight excluding hydrogens is 348 g/mol. The van der Waals surface area contributed by atoms with Crippen molar-refractivity contribution in [2.75, 3.05) is 19.7 Å². The zero-order chi connectivity index (χ0) is 19.0. The SMILES string of the molecule is NC(=O)C1CCN(C(=O)COc2ccc3c4c(c(=O)oc3c2)CCC4)CC1. The van der Waals surface area contributed by atoms with Gasteiger partial charge in [-0.25, -0.2) is 4.79 Å². The Morgan fingerprint density at radius 2 is 1.93 bits per heavy atom. The Morgan fingerprint density at radius 3 is 2.67 bits per heavy atom. The molecule has 0 saturated carbocycles. The molecule has 4 rings (SSSR count). The zero-order valence-corrected chi connectivity index (χ0v) is 15.0. The highest BCUT2D eigenvalue weighted by Gasteiger charge is 2.26. The number of rotatable bonds is 4. The Hall–Kier alpha value is -2.83. The molecule has 2 aliphatic rings. The first-order chi connectivity index (χ1) is 13.0. The number of fused-ring (bicyclic) bond motifs is 3. The van der Waals surface area contributed by atoms with Crippen LogP contribution in [0.25, 0.3) is 11.0 Å². The number of nitrogens with two attached hydrogens (primary N) is 1. The minimum Gasteiger partial charge on any atom is -0.484 e. The van der Waals surface area contributed by atoms with Crippen molar-refractivity contribution in [3.8, 4) is 5.75 Å². The third kappa shape index (κ3) is 3.41. The Balaban J connectivity index is 1.42. The molecule has 1 aromatic heterocycles. The van der Waals surface area contributed by atoms with E-state index in [0.717, 1.165) is 35.8 Å². The van der Waals surface area contributed by atoms with Crippen LogP contribution in [0.3, 0.4) is 0 Å². The van der Waals surface area contributed by atoms with Gasteiger partial charge in [0.15, 0.2) is 6.61 Å². The Morgan fingerprint density at radius 1 is 1.19 bits per heavy atom. The normalized spacial score (nSPS) is 17.1. The van der Waals surface area contributed by atoms with E-state index in [1.807, 2.05) is 6.07 Å². The summed E-state index contributed by atoms with van der Waals surface area (Å²) in [4.78, 5) is 37.3. The quantitative estimate of drug-likeness (QED) is 0.819. The highest BCUT2D eigenvalue weighted by Crippen LogP contribution is 2.29. The lowest BCUT2D eigenvalue weighted by atomic mass is 9.96. The van der Waals surface area contributed by atoms with Crippen LogP contribution in [0.5, 0.6) is 5.75 Å². The van der Waals surface area contributed by atoms with Gasteiger partial charge in [0.25, 0.3) is 5.91 Å². The van der Waals surface area contributed by atoms with Gasteiger partial charge in [-0.05, 0) is 49.8 Å². The highest BCUT2D eigenvalue weighted by atomic mass is 16.5. The number of hydrogen-bond donors (Lipinski definition) is 1. The first-order valence-electron chi connectivity index (χ1n) is 9.31. The van der Waals surface area contributed by atoms with Crippen molar-refractivity contribution < 1.29 is 18.7 Å². The van der Waals surface area contributed by atoms with Gasteiger partial charge < -0.3 is 19.8 Å². The van der Waals surface area contributed by atoms with Crippen molar-refractivity contribution in [2.45, 2.75) is 32.1 Å². The number of benzene rings is 1. The Labute approximate surface area is 156 Å². The van der Waals surface area contributed by atoms with E-state index in [0.29, 0.717) is 37.3 Å². The molecule has 0 atom stereocenters. The van der Waals surface area contributed by atoms with Crippen LogP contribution in [0.2, 0.25) is 0 Å². The van der Waals surface area contributed by atoms with E-state index >= 15 is 0 Å². The summed E-state index contributed by atoms with van der Waals surface area (Å²) in [5.41, 5.74) is 7.38. The number of carbonyl (C=O) groups excluding carboxylic acids is 2. The molecule has 0 radical (unpaired) electrons. The molecule has 27 heavy (non-hydrogen) atoms. The summed E-state index contributed by atoms with van der Waals surface area (Å²) in [6, 6.07) is 5.36. The second-order valence-corrected chi connectivity index (χ2v) is 7.20. The molecular formula is C20H22N2O5. The predicted octanol–water partition coefficient (Wildman–Crippen LogP) is 1.38. The van der Waals surface area contributed by atoms with E-state index in [1.54, 1.807) is 17.0 Å². The standard InChI is InChI=1S/C20H22N2O5/c21-19(24)12-6-8-22(9-7-12)18(23)11-26-13-4-5-15-14-2-1-3-16(14)20(25)27-17(15)10-13/h4-5,10,12H,1-3,6-9,11H2,(H2,21,24). The maximum absolute atomic E-state index is 12.3. The summed E-state index contributed by atoms with van der Waals surface area (Å²) in [7, 11) is 0. The largest absolute Gasteiger partial charge is 0.484 e. The van der Waals surface area contributed by atoms with Crippen molar-refractivity contribution in [1.29, 1.82) is 0 Å². The van der Waals surface area contributed by atoms with E-state index < -0.39 is 0 Å². The molecule has 2 heterocycles. The average Bonchev–Trinajstić information content (AvgIpc) is 3.17. The van der Waals surface area contributed by atoms with Crippen LogP contribution in [0.15, 0.2) is 27.4 Å². The second kappa shape index (κ2) is 7.06. The minimum absolute atomic E-state index is 0.0953. The summed E-state index contributed by atoms with van der Waals surface area (Å²) in [6.45, 7) is 0.922. The molecule has 1 aliphatic heterocycles. The fraction of sp³-hybridized carbons (Fsp3) is 0.450. The van der Waals surface area contributed by atoms with E-state index in [9.17, 15) is 14.4 Å². The average molecular weight is 370 g/mol. The summed E-state index contributed by atoms with van der Waals surface area (Å²) in [5, 5.41) is 0.939. The number of amides is 2. The molecule has 1 saturated heterocycles. The number of aryl methyl sites for hydroxylation is 1. The molecule has 1 aliphatic carbocycles. The van der Waals surface area contributed by atoms with E-state index in [4.69, 9.17) is 14.9 Å². The fourth-order valence-electron chi connectivity index (χ4n) is 4.00. The van der Waals surface area contributed by atoms with Gasteiger partial charge in [0.1, 0.15) is 11.3 Å². The number of ether oxygens (including phenoxy) is 1. The lowest BCUT2D eigenvalue weighted by Crippen LogP contribution is -2.43. The van der Waals surface area contributed by atoms with Crippen LogP contribution in [0, 0.1) is 5.92 Å². The Kier molecular flexibility index (Phi) is 4.59. The van der Waals surface area contributed by atoms with Crippen LogP contribution < -0.4 is 16.1 Å². The van der Waals surface area contributed by atoms with Crippen molar-refractivity contribution in [3.05, 3.63) is 39.7 Å². The predicted molar refractivity (Wildman–Crippen MR) is 98.5 cm³/mol. The maximum atomic E-state index is 12.3. The first kappa shape index (κ1) is 17.6. The van der Waals surface area contributed by atoms with Crippen molar-refractivity contribution >= 4 is 22.8 Å². The molecule has 2 amide bonds. The topological polar surface area (TPSA) is 103 Å². The molecule has 142 valence electrons. The molecule has 0 bridgehead atoms. The van der Waals surface area contributed by atoms with Gasteiger partial charge in [-0.3, -0.25) is 9.59 Å². The van der Waals surface area contributed by atoms with Gasteiger partial charge >= 0.3 is 5.63 Å². The summed E-state index contributed by atoms with van der Waals surface area (Å²) in [5.74, 6) is -0.0973. The summed E-state index contributed by atoms with van der Waals surface area (Å²) < 4.78 is 11.0. The highest BCUT2D eigenvalue weighted by molar-refractivity contribution is 5.83. The molecule has 7 nitrogen and oxygen atoms in total. The van der Waals surface area contributed by atoms with E-state index in [-0.39, 0.29) is 30.0 Å². The fourth-order valence-corrected chi connectivity index (χ4v) is 4.00. The number of likely N-dealkylation sites (tertiary alicyclic amines) is 1. The smallest absolute Gasteiger partial charge is 0.339 e. The van der Waals surface area contributed by atoms with Crippen molar-refractivity contribution in [1.82, 2.24) is 4.90 Å². The molecule has 1 fully saturated rings. The molecule has 1 aromatic carbocycles. The number of hydrogen-bond acceptors (Lipinski definition) is 5. The lowest BCUT2D eigenvalue weighted by molar-refractivity contribution is -0.136. The van der Waals surface area contributed by atoms with E-state index in [2.05, 4.69) is 0 Å². The number of carbonyl (C=O) groups is 2. The van der Waals surface area contributed by atoms with Crippen LogP contribution >= 0.6 is 0 Å². The molecule has 2 aromatic rings. The van der Waals surface area contributed by atoms with Gasteiger partial charge in [0, 0.05) is 36.0 Å². The molecule has 7 heteroatoms. The van der Waals surface area contributed by atoms with Gasteiger partial charge in [0.2, 0.25) is 5.91 Å². The van der Waals surface area contributed by atoms with E-state index in [1.165, 1.54) is 0 Å². The van der Waals surface area contributed by atoms with Crippen molar-refractivity contribution in [3.63, 3.8) is 0 Å². The number of primary amides is 1. The summed E-state index contributed by atoms with van der Waals surface area (Å²) in [6.07, 6.45) is 3.81. The minimum atomic E-state index is -0.303. The maximum Gasteiger partial charge on any atom is 0.339 e. The second-order valence-electron chi connectivity index (χ2n) is 7.20.